The van der Waals surface area contributed by atoms with E-state index in [9.17, 15) is 9.18 Å². The number of urea groups is 1. The van der Waals surface area contributed by atoms with Gasteiger partial charge in [-0.05, 0) is 30.7 Å². The van der Waals surface area contributed by atoms with E-state index in [1.807, 2.05) is 6.07 Å². The summed E-state index contributed by atoms with van der Waals surface area (Å²) >= 11 is 0. The van der Waals surface area contributed by atoms with Crippen LogP contribution in [0.4, 0.5) is 20.7 Å². The highest BCUT2D eigenvalue weighted by Gasteiger charge is 2.26. The first-order chi connectivity index (χ1) is 10.7. The van der Waals surface area contributed by atoms with Crippen molar-refractivity contribution < 1.29 is 9.18 Å². The molecule has 22 heavy (non-hydrogen) atoms. The van der Waals surface area contributed by atoms with E-state index in [-0.39, 0.29) is 17.8 Å². The van der Waals surface area contributed by atoms with Gasteiger partial charge in [-0.15, -0.1) is 0 Å². The van der Waals surface area contributed by atoms with Crippen LogP contribution in [0.15, 0.2) is 42.6 Å². The number of hydrogen-bond acceptors (Lipinski definition) is 3. The van der Waals surface area contributed by atoms with Gasteiger partial charge in [-0.3, -0.25) is 0 Å². The molecule has 1 aromatic heterocycles. The number of para-hydroxylation sites is 1. The average molecular weight is 299 g/mol. The fraction of sp³-hybridized carbons (Fsp3) is 0.250. The zero-order valence-electron chi connectivity index (χ0n) is 11.9. The molecule has 2 amide bonds. The van der Waals surface area contributed by atoms with Gasteiger partial charge >= 0.3 is 6.03 Å². The van der Waals surface area contributed by atoms with Gasteiger partial charge in [0.25, 0.3) is 0 Å². The minimum atomic E-state index is -0.436. The first kappa shape index (κ1) is 14.3. The summed E-state index contributed by atoms with van der Waals surface area (Å²) in [7, 11) is 0. The van der Waals surface area contributed by atoms with Crippen LogP contribution in [0.25, 0.3) is 0 Å². The summed E-state index contributed by atoms with van der Waals surface area (Å²) in [4.78, 5) is 18.0. The number of likely N-dealkylation sites (tertiary alicyclic amines) is 1. The monoisotopic (exact) mass is 299 g/mol. The second-order valence-electron chi connectivity index (χ2n) is 5.13. The number of halogens is 1. The molecule has 113 valence electrons. The molecule has 3 rings (SSSR count). The Morgan fingerprint density at radius 3 is 3.00 bits per heavy atom. The smallest absolute Gasteiger partial charge is 0.321 e. The van der Waals surface area contributed by atoms with Gasteiger partial charge in [0.1, 0.15) is 11.6 Å². The van der Waals surface area contributed by atoms with Crippen molar-refractivity contribution in [2.75, 3.05) is 23.7 Å². The summed E-state index contributed by atoms with van der Waals surface area (Å²) in [5.74, 6) is 0.328. The maximum atomic E-state index is 13.5. The quantitative estimate of drug-likeness (QED) is 0.916. The lowest BCUT2D eigenvalue weighted by Gasteiger charge is -2.18. The number of amides is 2. The number of hydrogen-bond donors (Lipinski definition) is 2. The van der Waals surface area contributed by atoms with Crippen LogP contribution in [0.1, 0.15) is 6.42 Å². The Morgan fingerprint density at radius 1 is 1.36 bits per heavy atom. The van der Waals surface area contributed by atoms with E-state index < -0.39 is 5.82 Å². The lowest BCUT2D eigenvalue weighted by molar-refractivity contribution is 0.222. The number of nitrogens with one attached hydrogen (secondary N) is 2. The molecule has 1 aliphatic rings. The third kappa shape index (κ3) is 3.33. The molecule has 0 unspecified atom stereocenters. The number of aromatic nitrogens is 1. The molecule has 1 saturated heterocycles. The number of nitrogens with zero attached hydrogens (tertiary/aromatic N) is 2. The molecule has 0 aliphatic carbocycles. The van der Waals surface area contributed by atoms with E-state index in [1.165, 1.54) is 6.07 Å². The standard InChI is InChI=1S/C16H16FN4O/c17-13-5-1-2-6-14(13)20-16(22)21-10-8-12(11-21)19-15-7-3-4-9-18-15/h1-3,5-7,9,12H,8,10-11H2,(H,18,19)(H,20,22)/t12-/m0/s1. The first-order valence-corrected chi connectivity index (χ1v) is 7.11. The highest BCUT2D eigenvalue weighted by Crippen LogP contribution is 2.17. The Balaban J connectivity index is 1.56. The van der Waals surface area contributed by atoms with Crippen LogP contribution >= 0.6 is 0 Å². The molecular formula is C16H16FN4O. The predicted molar refractivity (Wildman–Crippen MR) is 82.1 cm³/mol. The topological polar surface area (TPSA) is 57.3 Å². The molecule has 6 heteroatoms. The Labute approximate surface area is 128 Å². The predicted octanol–water partition coefficient (Wildman–Crippen LogP) is 2.74. The van der Waals surface area contributed by atoms with E-state index in [2.05, 4.69) is 21.7 Å². The van der Waals surface area contributed by atoms with Crippen LogP contribution < -0.4 is 10.6 Å². The number of pyridine rings is 1. The summed E-state index contributed by atoms with van der Waals surface area (Å²) in [5.41, 5.74) is 0.198. The molecule has 1 aromatic carbocycles. The number of carbonyl (C=O) groups excluding carboxylic acids is 1. The van der Waals surface area contributed by atoms with Crippen LogP contribution in [0.5, 0.6) is 0 Å². The maximum Gasteiger partial charge on any atom is 0.321 e. The van der Waals surface area contributed by atoms with Crippen molar-refractivity contribution in [3.63, 3.8) is 0 Å². The van der Waals surface area contributed by atoms with Crippen molar-refractivity contribution in [2.45, 2.75) is 12.5 Å². The Morgan fingerprint density at radius 2 is 2.23 bits per heavy atom. The van der Waals surface area contributed by atoms with Crippen molar-refractivity contribution >= 4 is 17.5 Å². The molecule has 2 N–H and O–H groups in total. The highest BCUT2D eigenvalue weighted by molar-refractivity contribution is 5.89. The Bertz CT molecular complexity index is 650. The average Bonchev–Trinajstić information content (AvgIpc) is 2.99. The molecule has 0 spiro atoms. The maximum absolute atomic E-state index is 13.5. The molecule has 0 saturated carbocycles. The number of rotatable bonds is 3. The number of carbonyl (C=O) groups is 1. The summed E-state index contributed by atoms with van der Waals surface area (Å²) in [6.45, 7) is 1.18. The van der Waals surface area contributed by atoms with Crippen LogP contribution in [0, 0.1) is 11.9 Å². The fourth-order valence-corrected chi connectivity index (χ4v) is 2.43. The molecule has 1 atom stereocenters. The number of benzene rings is 1. The van der Waals surface area contributed by atoms with Gasteiger partial charge in [0.15, 0.2) is 0 Å². The molecule has 0 bridgehead atoms. The van der Waals surface area contributed by atoms with Crippen molar-refractivity contribution in [2.24, 2.45) is 0 Å². The zero-order chi connectivity index (χ0) is 15.4. The van der Waals surface area contributed by atoms with Crippen LogP contribution in [-0.4, -0.2) is 35.0 Å². The largest absolute Gasteiger partial charge is 0.365 e. The van der Waals surface area contributed by atoms with Crippen LogP contribution in [-0.2, 0) is 0 Å². The second kappa shape index (κ2) is 6.43. The lowest BCUT2D eigenvalue weighted by atomic mass is 10.2. The first-order valence-electron chi connectivity index (χ1n) is 7.11. The van der Waals surface area contributed by atoms with Gasteiger partial charge in [0.05, 0.1) is 5.69 Å². The fourth-order valence-electron chi connectivity index (χ4n) is 2.43. The molecule has 1 radical (unpaired) electrons. The zero-order valence-corrected chi connectivity index (χ0v) is 11.9. The van der Waals surface area contributed by atoms with E-state index in [1.54, 1.807) is 35.4 Å². The molecule has 2 aromatic rings. The van der Waals surface area contributed by atoms with Gasteiger partial charge < -0.3 is 15.5 Å². The van der Waals surface area contributed by atoms with Crippen molar-refractivity contribution in [3.05, 3.63) is 54.5 Å². The number of anilines is 2. The van der Waals surface area contributed by atoms with Crippen LogP contribution in [0.2, 0.25) is 0 Å². The van der Waals surface area contributed by atoms with Gasteiger partial charge in [0.2, 0.25) is 0 Å². The minimum Gasteiger partial charge on any atom is -0.365 e. The molecular weight excluding hydrogens is 283 g/mol. The summed E-state index contributed by atoms with van der Waals surface area (Å²) in [5, 5.41) is 5.87. The van der Waals surface area contributed by atoms with E-state index >= 15 is 0 Å². The van der Waals surface area contributed by atoms with Gasteiger partial charge in [-0.25, -0.2) is 14.2 Å². The van der Waals surface area contributed by atoms with E-state index in [0.717, 1.165) is 12.2 Å². The third-order valence-corrected chi connectivity index (χ3v) is 3.56. The van der Waals surface area contributed by atoms with Crippen molar-refractivity contribution in [1.29, 1.82) is 0 Å². The molecule has 5 nitrogen and oxygen atoms in total. The summed E-state index contributed by atoms with van der Waals surface area (Å²) in [6, 6.07) is 12.5. The van der Waals surface area contributed by atoms with Crippen molar-refractivity contribution in [1.82, 2.24) is 9.88 Å². The summed E-state index contributed by atoms with van der Waals surface area (Å²) in [6.07, 6.45) is 2.42. The minimum absolute atomic E-state index is 0.140. The van der Waals surface area contributed by atoms with Crippen LogP contribution in [0.3, 0.4) is 0 Å². The molecule has 1 aliphatic heterocycles. The SMILES string of the molecule is O=C(Nc1ccccc1F)N1CC[C@H](Nc2cc[c]cn2)C1. The molecule has 2 heterocycles. The second-order valence-corrected chi connectivity index (χ2v) is 5.13. The Hall–Kier alpha value is -2.63. The van der Waals surface area contributed by atoms with Gasteiger partial charge in [-0.2, -0.15) is 0 Å². The summed E-state index contributed by atoms with van der Waals surface area (Å²) < 4.78 is 13.5. The molecule has 1 fully saturated rings. The van der Waals surface area contributed by atoms with Gasteiger partial charge in [-0.1, -0.05) is 12.1 Å². The lowest BCUT2D eigenvalue weighted by Crippen LogP contribution is -2.35. The van der Waals surface area contributed by atoms with Gasteiger partial charge in [0, 0.05) is 31.4 Å². The highest BCUT2D eigenvalue weighted by atomic mass is 19.1. The van der Waals surface area contributed by atoms with E-state index in [4.69, 9.17) is 0 Å². The Kier molecular flexibility index (Phi) is 4.18. The normalized spacial score (nSPS) is 17.3. The van der Waals surface area contributed by atoms with Crippen molar-refractivity contribution in [3.8, 4) is 0 Å². The third-order valence-electron chi connectivity index (χ3n) is 3.56. The van der Waals surface area contributed by atoms with E-state index in [0.29, 0.717) is 13.1 Å².